The minimum atomic E-state index is -0.364. The van der Waals surface area contributed by atoms with Crippen LogP contribution in [0.25, 0.3) is 17.2 Å². The Balaban J connectivity index is 1.74. The molecule has 1 aliphatic heterocycles. The van der Waals surface area contributed by atoms with Crippen molar-refractivity contribution in [3.05, 3.63) is 47.8 Å². The normalized spacial score (nSPS) is 17.5. The molecule has 0 aromatic carbocycles. The summed E-state index contributed by atoms with van der Waals surface area (Å²) < 4.78 is 15.2. The number of piperidine rings is 1. The molecule has 3 aromatic heterocycles. The highest BCUT2D eigenvalue weighted by atomic mass is 19.1. The van der Waals surface area contributed by atoms with E-state index in [1.54, 1.807) is 22.7 Å². The van der Waals surface area contributed by atoms with E-state index in [0.717, 1.165) is 38.0 Å². The van der Waals surface area contributed by atoms with Gasteiger partial charge in [0.2, 0.25) is 0 Å². The number of rotatable bonds is 3. The Kier molecular flexibility index (Phi) is 4.12. The molecule has 6 nitrogen and oxygen atoms in total. The lowest BCUT2D eigenvalue weighted by molar-refractivity contribution is 0.373. The predicted octanol–water partition coefficient (Wildman–Crippen LogP) is 2.34. The van der Waals surface area contributed by atoms with Crippen molar-refractivity contribution >= 4 is 5.65 Å². The molecule has 1 N–H and O–H groups in total. The standard InChI is InChI=1S/C18H17FN6/c19-13-3-4-17-22-10-16(25(17)11-13)18-23-14(7-15(8-20)24-18)6-12-2-1-5-21-9-12/h3-4,7,10-12,21H,1-2,5-6,9H2/t12-/m0/s1. The highest BCUT2D eigenvalue weighted by Crippen LogP contribution is 2.21. The van der Waals surface area contributed by atoms with E-state index in [0.29, 0.717) is 28.8 Å². The molecule has 4 rings (SSSR count). The Labute approximate surface area is 144 Å². The number of pyridine rings is 1. The fourth-order valence-electron chi connectivity index (χ4n) is 3.29. The van der Waals surface area contributed by atoms with Gasteiger partial charge in [0.05, 0.1) is 6.20 Å². The third-order valence-corrected chi connectivity index (χ3v) is 4.49. The Morgan fingerprint density at radius 2 is 2.28 bits per heavy atom. The lowest BCUT2D eigenvalue weighted by atomic mass is 9.94. The molecule has 0 spiro atoms. The molecule has 0 bridgehead atoms. The highest BCUT2D eigenvalue weighted by molar-refractivity contribution is 5.57. The first-order valence-electron chi connectivity index (χ1n) is 8.35. The third-order valence-electron chi connectivity index (χ3n) is 4.49. The molecule has 3 aromatic rings. The first-order valence-corrected chi connectivity index (χ1v) is 8.35. The molecule has 25 heavy (non-hydrogen) atoms. The van der Waals surface area contributed by atoms with Crippen LogP contribution in [-0.2, 0) is 6.42 Å². The maximum Gasteiger partial charge on any atom is 0.179 e. The fourth-order valence-corrected chi connectivity index (χ4v) is 3.29. The number of nitriles is 1. The summed E-state index contributed by atoms with van der Waals surface area (Å²) in [7, 11) is 0. The van der Waals surface area contributed by atoms with E-state index in [9.17, 15) is 9.65 Å². The van der Waals surface area contributed by atoms with Crippen molar-refractivity contribution in [3.8, 4) is 17.6 Å². The lowest BCUT2D eigenvalue weighted by Gasteiger charge is -2.22. The summed E-state index contributed by atoms with van der Waals surface area (Å²) in [6, 6.07) is 6.79. The van der Waals surface area contributed by atoms with Gasteiger partial charge < -0.3 is 5.32 Å². The largest absolute Gasteiger partial charge is 0.316 e. The molecule has 1 saturated heterocycles. The fraction of sp³-hybridized carbons (Fsp3) is 0.333. The van der Waals surface area contributed by atoms with E-state index in [-0.39, 0.29) is 5.82 Å². The first kappa shape index (κ1) is 15.7. The van der Waals surface area contributed by atoms with Gasteiger partial charge in [-0.25, -0.2) is 19.3 Å². The summed E-state index contributed by atoms with van der Waals surface area (Å²) in [5.74, 6) is 0.537. The van der Waals surface area contributed by atoms with Gasteiger partial charge in [0.15, 0.2) is 5.82 Å². The average Bonchev–Trinajstić information content (AvgIpc) is 3.05. The number of imidazole rings is 1. The van der Waals surface area contributed by atoms with Gasteiger partial charge in [-0.1, -0.05) is 0 Å². The van der Waals surface area contributed by atoms with E-state index >= 15 is 0 Å². The second-order valence-electron chi connectivity index (χ2n) is 6.32. The molecule has 1 atom stereocenters. The minimum Gasteiger partial charge on any atom is -0.316 e. The topological polar surface area (TPSA) is 78.9 Å². The predicted molar refractivity (Wildman–Crippen MR) is 90.2 cm³/mol. The molecule has 126 valence electrons. The highest BCUT2D eigenvalue weighted by Gasteiger charge is 2.17. The van der Waals surface area contributed by atoms with E-state index in [1.807, 2.05) is 0 Å². The van der Waals surface area contributed by atoms with Gasteiger partial charge in [0.1, 0.15) is 28.9 Å². The molecule has 0 radical (unpaired) electrons. The summed E-state index contributed by atoms with van der Waals surface area (Å²) in [6.45, 7) is 2.02. The second-order valence-corrected chi connectivity index (χ2v) is 6.32. The summed E-state index contributed by atoms with van der Waals surface area (Å²) in [5.41, 5.74) is 2.34. The lowest BCUT2D eigenvalue weighted by Crippen LogP contribution is -2.31. The van der Waals surface area contributed by atoms with Crippen LogP contribution < -0.4 is 5.32 Å². The van der Waals surface area contributed by atoms with E-state index in [4.69, 9.17) is 0 Å². The molecule has 0 saturated carbocycles. The maximum atomic E-state index is 13.6. The number of nitrogens with one attached hydrogen (secondary N) is 1. The van der Waals surface area contributed by atoms with E-state index < -0.39 is 0 Å². The first-order chi connectivity index (χ1) is 12.2. The molecule has 1 fully saturated rings. The van der Waals surface area contributed by atoms with Gasteiger partial charge in [-0.2, -0.15) is 5.26 Å². The smallest absolute Gasteiger partial charge is 0.179 e. The SMILES string of the molecule is N#Cc1cc(C[C@@H]2CCCNC2)nc(-c2cnc3ccc(F)cn23)n1. The Hall–Kier alpha value is -2.85. The number of hydrogen-bond donors (Lipinski definition) is 1. The molecule has 7 heteroatoms. The van der Waals surface area contributed by atoms with Crippen LogP contribution in [-0.4, -0.2) is 32.4 Å². The molecule has 1 aliphatic rings. The van der Waals surface area contributed by atoms with Gasteiger partial charge in [-0.3, -0.25) is 4.40 Å². The Bertz CT molecular complexity index is 952. The van der Waals surface area contributed by atoms with Crippen molar-refractivity contribution in [3.63, 3.8) is 0 Å². The number of fused-ring (bicyclic) bond motifs is 1. The van der Waals surface area contributed by atoms with Gasteiger partial charge in [0, 0.05) is 11.9 Å². The molecular weight excluding hydrogens is 319 g/mol. The average molecular weight is 336 g/mol. The van der Waals surface area contributed by atoms with Crippen LogP contribution in [0.5, 0.6) is 0 Å². The van der Waals surface area contributed by atoms with Gasteiger partial charge in [0.25, 0.3) is 0 Å². The van der Waals surface area contributed by atoms with Crippen molar-refractivity contribution in [2.45, 2.75) is 19.3 Å². The van der Waals surface area contributed by atoms with Crippen molar-refractivity contribution in [1.29, 1.82) is 5.26 Å². The molecule has 0 unspecified atom stereocenters. The summed E-state index contributed by atoms with van der Waals surface area (Å²) in [4.78, 5) is 13.2. The van der Waals surface area contributed by atoms with Gasteiger partial charge >= 0.3 is 0 Å². The number of aromatic nitrogens is 4. The van der Waals surface area contributed by atoms with Crippen molar-refractivity contribution in [2.75, 3.05) is 13.1 Å². The summed E-state index contributed by atoms with van der Waals surface area (Å²) >= 11 is 0. The van der Waals surface area contributed by atoms with E-state index in [2.05, 4.69) is 26.3 Å². The summed E-state index contributed by atoms with van der Waals surface area (Å²) in [6.07, 6.45) is 6.06. The van der Waals surface area contributed by atoms with Crippen molar-refractivity contribution in [2.24, 2.45) is 5.92 Å². The quantitative estimate of drug-likeness (QED) is 0.794. The van der Waals surface area contributed by atoms with Crippen LogP contribution in [0, 0.1) is 23.1 Å². The zero-order valence-electron chi connectivity index (χ0n) is 13.6. The molecular formula is C18H17FN6. The summed E-state index contributed by atoms with van der Waals surface area (Å²) in [5, 5.41) is 12.7. The number of hydrogen-bond acceptors (Lipinski definition) is 5. The minimum absolute atomic E-state index is 0.315. The van der Waals surface area contributed by atoms with Crippen LogP contribution >= 0.6 is 0 Å². The van der Waals surface area contributed by atoms with Gasteiger partial charge in [-0.15, -0.1) is 0 Å². The van der Waals surface area contributed by atoms with Crippen LogP contribution in [0.15, 0.2) is 30.6 Å². The van der Waals surface area contributed by atoms with Crippen LogP contribution in [0.2, 0.25) is 0 Å². The van der Waals surface area contributed by atoms with Crippen LogP contribution in [0.3, 0.4) is 0 Å². The van der Waals surface area contributed by atoms with Gasteiger partial charge in [-0.05, 0) is 56.5 Å². The zero-order chi connectivity index (χ0) is 17.2. The zero-order valence-corrected chi connectivity index (χ0v) is 13.6. The van der Waals surface area contributed by atoms with Crippen molar-refractivity contribution in [1.82, 2.24) is 24.7 Å². The second kappa shape index (κ2) is 6.57. The maximum absolute atomic E-state index is 13.6. The molecule has 0 amide bonds. The third kappa shape index (κ3) is 3.21. The monoisotopic (exact) mass is 336 g/mol. The van der Waals surface area contributed by atoms with E-state index in [1.165, 1.54) is 12.3 Å². The number of nitrogens with zero attached hydrogens (tertiary/aromatic N) is 5. The molecule has 0 aliphatic carbocycles. The molecule has 4 heterocycles. The van der Waals surface area contributed by atoms with Crippen molar-refractivity contribution < 1.29 is 4.39 Å². The van der Waals surface area contributed by atoms with Crippen LogP contribution in [0.4, 0.5) is 4.39 Å². The Morgan fingerprint density at radius 3 is 3.08 bits per heavy atom. The number of halogens is 1. The Morgan fingerprint density at radius 1 is 1.36 bits per heavy atom. The van der Waals surface area contributed by atoms with Crippen LogP contribution in [0.1, 0.15) is 24.2 Å².